The lowest BCUT2D eigenvalue weighted by molar-refractivity contribution is -0.249. The molecule has 1 N–H and O–H groups in total. The van der Waals surface area contributed by atoms with Crippen LogP contribution >= 0.6 is 0 Å². The first-order chi connectivity index (χ1) is 31.6. The van der Waals surface area contributed by atoms with Crippen LogP contribution in [0.15, 0.2) is 17.3 Å². The molecule has 0 saturated carbocycles. The van der Waals surface area contributed by atoms with Gasteiger partial charge in [0.2, 0.25) is 0 Å². The SMILES string of the molecule is CC#CC#CC#CC#CC#CC#CC#CC#CC#CC#CC#CC#CC(=O)N[C@@H](CO[C@H]1OC(CN=[N+]=[N-])[C@H](C)[C@H](C)C1C)[C@@H]1OC(C)(C)O[C@@H]1C=CCCCCCCCCCCCC. The molecular weight excluding hydrogens is 809 g/mol. The Morgan fingerprint density at radius 3 is 1.66 bits per heavy atom. The van der Waals surface area contributed by atoms with E-state index >= 15 is 0 Å². The van der Waals surface area contributed by atoms with Gasteiger partial charge < -0.3 is 24.3 Å². The van der Waals surface area contributed by atoms with E-state index in [1.807, 2.05) is 19.9 Å². The maximum absolute atomic E-state index is 13.2. The van der Waals surface area contributed by atoms with E-state index in [1.165, 1.54) is 57.8 Å². The summed E-state index contributed by atoms with van der Waals surface area (Å²) in [7, 11) is 0. The van der Waals surface area contributed by atoms with Crippen molar-refractivity contribution in [1.29, 1.82) is 0 Å². The van der Waals surface area contributed by atoms with Crippen molar-refractivity contribution in [2.24, 2.45) is 22.9 Å². The first-order valence-corrected chi connectivity index (χ1v) is 22.2. The molecule has 0 radical (unpaired) electrons. The van der Waals surface area contributed by atoms with E-state index in [4.69, 9.17) is 24.5 Å². The normalized spacial score (nSPS) is 20.6. The highest BCUT2D eigenvalue weighted by Crippen LogP contribution is 2.36. The number of ether oxygens (including phenoxy) is 4. The fourth-order valence-corrected chi connectivity index (χ4v) is 6.66. The van der Waals surface area contributed by atoms with Crippen LogP contribution in [0, 0.1) is 160 Å². The zero-order valence-electron chi connectivity index (χ0n) is 38.8. The monoisotopic (exact) mass is 866 g/mol. The van der Waals surface area contributed by atoms with Crippen molar-refractivity contribution in [2.45, 2.75) is 156 Å². The quantitative estimate of drug-likeness (QED) is 0.0355. The second-order valence-electron chi connectivity index (χ2n) is 15.5. The summed E-state index contributed by atoms with van der Waals surface area (Å²) in [5, 5.41) is 6.74. The summed E-state index contributed by atoms with van der Waals surface area (Å²) in [4.78, 5) is 16.2. The molecule has 332 valence electrons. The van der Waals surface area contributed by atoms with E-state index in [0.29, 0.717) is 0 Å². The van der Waals surface area contributed by atoms with Crippen LogP contribution < -0.4 is 5.32 Å². The summed E-state index contributed by atoms with van der Waals surface area (Å²) in [5.74, 6) is 59.9. The van der Waals surface area contributed by atoms with Crippen molar-refractivity contribution >= 4 is 5.91 Å². The Morgan fingerprint density at radius 2 is 1.17 bits per heavy atom. The van der Waals surface area contributed by atoms with Crippen LogP contribution in [0.3, 0.4) is 0 Å². The summed E-state index contributed by atoms with van der Waals surface area (Å²) in [6, 6.07) is -0.662. The Morgan fingerprint density at radius 1 is 0.692 bits per heavy atom. The predicted molar refractivity (Wildman–Crippen MR) is 256 cm³/mol. The van der Waals surface area contributed by atoms with Crippen molar-refractivity contribution in [1.82, 2.24) is 5.32 Å². The zero-order chi connectivity index (χ0) is 47.2. The molecule has 2 aliphatic rings. The summed E-state index contributed by atoms with van der Waals surface area (Å²) < 4.78 is 25.5. The molecule has 65 heavy (non-hydrogen) atoms. The molecule has 9 nitrogen and oxygen atoms in total. The maximum Gasteiger partial charge on any atom is 0.297 e. The van der Waals surface area contributed by atoms with Gasteiger partial charge in [0.25, 0.3) is 5.91 Å². The van der Waals surface area contributed by atoms with Crippen molar-refractivity contribution in [3.05, 3.63) is 22.6 Å². The Hall–Kier alpha value is -6.92. The Balaban J connectivity index is 2.08. The third-order valence-electron chi connectivity index (χ3n) is 10.3. The summed E-state index contributed by atoms with van der Waals surface area (Å²) >= 11 is 0. The third kappa shape index (κ3) is 25.1. The van der Waals surface area contributed by atoms with Gasteiger partial charge in [-0.3, -0.25) is 4.79 Å². The van der Waals surface area contributed by atoms with Gasteiger partial charge in [-0.2, -0.15) is 0 Å². The minimum atomic E-state index is -0.908. The Kier molecular flexibility index (Phi) is 28.8. The number of carbonyl (C=O) groups is 1. The number of nitrogens with one attached hydrogen (secondary N) is 1. The number of carbonyl (C=O) groups excluding carboxylic acids is 1. The number of rotatable bonds is 19. The van der Waals surface area contributed by atoms with E-state index in [2.05, 4.69) is 191 Å². The van der Waals surface area contributed by atoms with Gasteiger partial charge in [-0.1, -0.05) is 109 Å². The molecular formula is C56H58N4O5. The van der Waals surface area contributed by atoms with Crippen molar-refractivity contribution in [3.63, 3.8) is 0 Å². The minimum absolute atomic E-state index is 0.0297. The first-order valence-electron chi connectivity index (χ1n) is 22.2. The lowest BCUT2D eigenvalue weighted by atomic mass is 9.79. The number of allylic oxidation sites excluding steroid dienone is 1. The predicted octanol–water partition coefficient (Wildman–Crippen LogP) is 7.88. The number of hydrogen-bond donors (Lipinski definition) is 1. The smallest absolute Gasteiger partial charge is 0.297 e. The summed E-state index contributed by atoms with van der Waals surface area (Å²) in [5.41, 5.74) is 8.94. The van der Waals surface area contributed by atoms with Crippen molar-refractivity contribution in [2.75, 3.05) is 13.2 Å². The highest BCUT2D eigenvalue weighted by molar-refractivity contribution is 5.94. The van der Waals surface area contributed by atoms with E-state index in [0.717, 1.165) is 12.8 Å². The minimum Gasteiger partial charge on any atom is -0.350 e. The molecule has 0 aromatic carbocycles. The molecule has 2 saturated heterocycles. The molecule has 8 atom stereocenters. The van der Waals surface area contributed by atoms with Gasteiger partial charge in [0.05, 0.1) is 25.3 Å². The van der Waals surface area contributed by atoms with Gasteiger partial charge in [-0.05, 0) is 146 Å². The molecule has 2 fully saturated rings. The molecule has 1 amide bonds. The van der Waals surface area contributed by atoms with Gasteiger partial charge in [0, 0.05) is 52.3 Å². The largest absolute Gasteiger partial charge is 0.350 e. The van der Waals surface area contributed by atoms with Crippen molar-refractivity contribution in [3.8, 4) is 142 Å². The molecule has 0 aliphatic carbocycles. The highest BCUT2D eigenvalue weighted by Gasteiger charge is 2.46. The molecule has 9 heteroatoms. The second-order valence-corrected chi connectivity index (χ2v) is 15.5. The molecule has 2 aliphatic heterocycles. The standard InChI is InChI=1S/C56H58N4O5/c1-8-10-12-14-16-18-20-22-23-24-25-26-27-28-29-30-31-32-34-36-38-40-42-44-53(61)59-50(46-62-55-49(5)47(3)48(4)52(63-55)45-58-60-57)54-51(64-56(6,7)65-54)43-41-39-37-35-33-21-19-17-15-13-11-9-2/h41,43,47-52,54-55H,9,11,13,15,17,19,21,33,35,37,39,45-46H2,1-7H3,(H,59,61)/t47-,48+,49?,50-,51+,52?,54-,55-/m0/s1. The van der Waals surface area contributed by atoms with Crippen LogP contribution in [0.4, 0.5) is 0 Å². The van der Waals surface area contributed by atoms with Gasteiger partial charge in [0.1, 0.15) is 12.2 Å². The number of azide groups is 1. The van der Waals surface area contributed by atoms with Crippen LogP contribution in [-0.2, 0) is 23.7 Å². The van der Waals surface area contributed by atoms with E-state index in [9.17, 15) is 4.79 Å². The average Bonchev–Trinajstić information content (AvgIpc) is 3.61. The van der Waals surface area contributed by atoms with Crippen LogP contribution in [0.25, 0.3) is 10.4 Å². The number of hydrogen-bond acceptors (Lipinski definition) is 6. The average molecular weight is 867 g/mol. The highest BCUT2D eigenvalue weighted by atomic mass is 16.8. The van der Waals surface area contributed by atoms with Crippen LogP contribution in [0.5, 0.6) is 0 Å². The Labute approximate surface area is 389 Å². The molecule has 2 rings (SSSR count). The lowest BCUT2D eigenvalue weighted by Crippen LogP contribution is -2.52. The molecule has 2 unspecified atom stereocenters. The first kappa shape index (κ1) is 54.2. The van der Waals surface area contributed by atoms with Crippen LogP contribution in [-0.4, -0.2) is 55.5 Å². The van der Waals surface area contributed by atoms with E-state index < -0.39 is 36.2 Å². The maximum atomic E-state index is 13.2. The van der Waals surface area contributed by atoms with Gasteiger partial charge in [0.15, 0.2) is 12.1 Å². The molecule has 0 aromatic rings. The van der Waals surface area contributed by atoms with Gasteiger partial charge in [-0.15, -0.1) is 0 Å². The van der Waals surface area contributed by atoms with E-state index in [-0.39, 0.29) is 37.0 Å². The molecule has 2 heterocycles. The third-order valence-corrected chi connectivity index (χ3v) is 10.3. The van der Waals surface area contributed by atoms with Crippen LogP contribution in [0.1, 0.15) is 119 Å². The number of nitrogens with zero attached hydrogens (tertiary/aromatic N) is 3. The fourth-order valence-electron chi connectivity index (χ4n) is 6.66. The fraction of sp³-hybridized carbons (Fsp3) is 0.518. The van der Waals surface area contributed by atoms with Crippen LogP contribution in [0.2, 0.25) is 0 Å². The lowest BCUT2D eigenvalue weighted by Gasteiger charge is -2.43. The second kappa shape index (κ2) is 34.6. The molecule has 0 bridgehead atoms. The summed E-state index contributed by atoms with van der Waals surface area (Å²) in [6.07, 6.45) is 15.9. The number of unbranched alkanes of at least 4 members (excludes halogenated alkanes) is 10. The van der Waals surface area contributed by atoms with Gasteiger partial charge >= 0.3 is 0 Å². The number of amides is 1. The Bertz CT molecular complexity index is 2460. The molecule has 0 aromatic heterocycles. The van der Waals surface area contributed by atoms with Gasteiger partial charge in [-0.25, -0.2) is 0 Å². The topological polar surface area (TPSA) is 115 Å². The summed E-state index contributed by atoms with van der Waals surface area (Å²) in [6.45, 7) is 14.2. The zero-order valence-corrected chi connectivity index (χ0v) is 38.8. The molecule has 0 spiro atoms. The van der Waals surface area contributed by atoms with Crippen molar-refractivity contribution < 1.29 is 23.7 Å². The van der Waals surface area contributed by atoms with E-state index in [1.54, 1.807) is 6.92 Å².